The monoisotopic (exact) mass is 253 g/mol. The molecule has 0 bridgehead atoms. The number of benzene rings is 1. The third-order valence-corrected chi connectivity index (χ3v) is 2.93. The number of amides is 1. The van der Waals surface area contributed by atoms with Crippen molar-refractivity contribution in [2.45, 2.75) is 32.0 Å². The van der Waals surface area contributed by atoms with Gasteiger partial charge in [-0.05, 0) is 37.0 Å². The van der Waals surface area contributed by atoms with E-state index in [9.17, 15) is 9.18 Å². The summed E-state index contributed by atoms with van der Waals surface area (Å²) in [7, 11) is 0. The summed E-state index contributed by atoms with van der Waals surface area (Å²) < 4.78 is 19.1. The molecule has 98 valence electrons. The largest absolute Gasteiger partial charge is 0.478 e. The maximum atomic E-state index is 13.7. The van der Waals surface area contributed by atoms with Gasteiger partial charge in [-0.25, -0.2) is 4.39 Å². The highest BCUT2D eigenvalue weighted by Gasteiger charge is 2.23. The Kier molecular flexibility index (Phi) is 4.15. The van der Waals surface area contributed by atoms with Gasteiger partial charge in [-0.2, -0.15) is 0 Å². The Labute approximate surface area is 105 Å². The molecule has 1 heterocycles. The number of aliphatic hydroxyl groups is 1. The van der Waals surface area contributed by atoms with Gasteiger partial charge in [0.2, 0.25) is 0 Å². The van der Waals surface area contributed by atoms with Crippen LogP contribution < -0.4 is 10.1 Å². The highest BCUT2D eigenvalue weighted by Crippen LogP contribution is 2.21. The normalized spacial score (nSPS) is 20.1. The first-order chi connectivity index (χ1) is 8.70. The third-order valence-electron chi connectivity index (χ3n) is 2.93. The van der Waals surface area contributed by atoms with Crippen LogP contribution >= 0.6 is 0 Å². The number of aliphatic hydroxyl groups excluding tert-OH is 1. The summed E-state index contributed by atoms with van der Waals surface area (Å²) in [5.41, 5.74) is 0.477. The lowest BCUT2D eigenvalue weighted by Gasteiger charge is -2.16. The van der Waals surface area contributed by atoms with E-state index in [0.717, 1.165) is 12.8 Å². The second-order valence-corrected chi connectivity index (χ2v) is 4.32. The van der Waals surface area contributed by atoms with Crippen molar-refractivity contribution in [3.8, 4) is 5.75 Å². The van der Waals surface area contributed by atoms with E-state index >= 15 is 0 Å². The van der Waals surface area contributed by atoms with E-state index in [1.807, 2.05) is 0 Å². The van der Waals surface area contributed by atoms with Crippen molar-refractivity contribution >= 4 is 5.91 Å². The van der Waals surface area contributed by atoms with Crippen LogP contribution in [0.5, 0.6) is 5.75 Å². The molecule has 1 aromatic carbocycles. The summed E-state index contributed by atoms with van der Waals surface area (Å²) in [5.74, 6) is -0.703. The van der Waals surface area contributed by atoms with Crippen LogP contribution in [-0.4, -0.2) is 23.7 Å². The van der Waals surface area contributed by atoms with Crippen LogP contribution in [0.2, 0.25) is 0 Å². The molecule has 0 saturated carbocycles. The Morgan fingerprint density at radius 2 is 2.28 bits per heavy atom. The highest BCUT2D eigenvalue weighted by molar-refractivity contribution is 5.81. The van der Waals surface area contributed by atoms with Crippen LogP contribution in [0.15, 0.2) is 18.2 Å². The van der Waals surface area contributed by atoms with E-state index in [-0.39, 0.29) is 18.3 Å². The van der Waals surface area contributed by atoms with E-state index in [1.165, 1.54) is 12.1 Å². The molecule has 0 spiro atoms. The maximum absolute atomic E-state index is 13.7. The number of carbonyl (C=O) groups excluding carboxylic acids is 1. The molecular formula is C13H16FNO3. The summed E-state index contributed by atoms with van der Waals surface area (Å²) in [4.78, 5) is 11.7. The summed E-state index contributed by atoms with van der Waals surface area (Å²) >= 11 is 0. The standard InChI is InChI=1S/C13H16FNO3/c14-10-7-9(8-16)4-5-11(10)18-12-3-1-2-6-15-13(12)17/h4-5,7,12,16H,1-3,6,8H2,(H,15,17). The van der Waals surface area contributed by atoms with Gasteiger partial charge < -0.3 is 15.2 Å². The number of carbonyl (C=O) groups is 1. The van der Waals surface area contributed by atoms with Crippen LogP contribution in [0.3, 0.4) is 0 Å². The summed E-state index contributed by atoms with van der Waals surface area (Å²) in [6.07, 6.45) is 1.74. The van der Waals surface area contributed by atoms with Crippen molar-refractivity contribution in [3.63, 3.8) is 0 Å². The van der Waals surface area contributed by atoms with Crippen molar-refractivity contribution in [2.75, 3.05) is 6.54 Å². The molecule has 1 saturated heterocycles. The average Bonchev–Trinajstić information content (AvgIpc) is 2.57. The lowest BCUT2D eigenvalue weighted by Crippen LogP contribution is -2.36. The van der Waals surface area contributed by atoms with Crippen LogP contribution in [-0.2, 0) is 11.4 Å². The first-order valence-corrected chi connectivity index (χ1v) is 6.04. The number of nitrogens with one attached hydrogen (secondary N) is 1. The second kappa shape index (κ2) is 5.82. The molecule has 0 radical (unpaired) electrons. The Hall–Kier alpha value is -1.62. The van der Waals surface area contributed by atoms with Gasteiger partial charge in [0.25, 0.3) is 5.91 Å². The molecule has 5 heteroatoms. The fourth-order valence-electron chi connectivity index (χ4n) is 1.92. The smallest absolute Gasteiger partial charge is 0.261 e. The van der Waals surface area contributed by atoms with Crippen LogP contribution in [0, 0.1) is 5.82 Å². The zero-order chi connectivity index (χ0) is 13.0. The van der Waals surface area contributed by atoms with Gasteiger partial charge >= 0.3 is 0 Å². The lowest BCUT2D eigenvalue weighted by atomic mass is 10.1. The van der Waals surface area contributed by atoms with Gasteiger partial charge in [-0.1, -0.05) is 6.07 Å². The minimum atomic E-state index is -0.637. The maximum Gasteiger partial charge on any atom is 0.261 e. The average molecular weight is 253 g/mol. The Balaban J connectivity index is 2.10. The molecule has 4 nitrogen and oxygen atoms in total. The van der Waals surface area contributed by atoms with Crippen LogP contribution in [0.1, 0.15) is 24.8 Å². The number of hydrogen-bond donors (Lipinski definition) is 2. The summed E-state index contributed by atoms with van der Waals surface area (Å²) in [6.45, 7) is 0.422. The van der Waals surface area contributed by atoms with Crippen molar-refractivity contribution in [1.29, 1.82) is 0 Å². The predicted octanol–water partition coefficient (Wildman–Crippen LogP) is 1.37. The minimum Gasteiger partial charge on any atom is -0.478 e. The van der Waals surface area contributed by atoms with Gasteiger partial charge in [-0.3, -0.25) is 4.79 Å². The van der Waals surface area contributed by atoms with E-state index in [2.05, 4.69) is 5.32 Å². The fourth-order valence-corrected chi connectivity index (χ4v) is 1.92. The quantitative estimate of drug-likeness (QED) is 0.855. The summed E-state index contributed by atoms with van der Waals surface area (Å²) in [5, 5.41) is 11.6. The molecule has 0 aliphatic carbocycles. The molecule has 1 fully saturated rings. The SMILES string of the molecule is O=C1NCCCCC1Oc1ccc(CO)cc1F. The zero-order valence-electron chi connectivity index (χ0n) is 9.99. The van der Waals surface area contributed by atoms with E-state index in [0.29, 0.717) is 18.5 Å². The number of ether oxygens (including phenoxy) is 1. The highest BCUT2D eigenvalue weighted by atomic mass is 19.1. The Morgan fingerprint density at radius 1 is 1.44 bits per heavy atom. The molecule has 2 N–H and O–H groups in total. The minimum absolute atomic E-state index is 0.0502. The molecule has 18 heavy (non-hydrogen) atoms. The molecular weight excluding hydrogens is 237 g/mol. The number of halogens is 1. The van der Waals surface area contributed by atoms with Crippen molar-refractivity contribution in [1.82, 2.24) is 5.32 Å². The van der Waals surface area contributed by atoms with Crippen molar-refractivity contribution in [2.24, 2.45) is 0 Å². The van der Waals surface area contributed by atoms with Gasteiger partial charge in [-0.15, -0.1) is 0 Å². The van der Waals surface area contributed by atoms with Gasteiger partial charge in [0.1, 0.15) is 0 Å². The van der Waals surface area contributed by atoms with Gasteiger partial charge in [0.15, 0.2) is 17.7 Å². The molecule has 1 amide bonds. The molecule has 2 rings (SSSR count). The van der Waals surface area contributed by atoms with Gasteiger partial charge in [0.05, 0.1) is 6.61 Å². The topological polar surface area (TPSA) is 58.6 Å². The third kappa shape index (κ3) is 2.98. The van der Waals surface area contributed by atoms with E-state index < -0.39 is 11.9 Å². The first kappa shape index (κ1) is 12.8. The van der Waals surface area contributed by atoms with Crippen LogP contribution in [0.25, 0.3) is 0 Å². The van der Waals surface area contributed by atoms with Gasteiger partial charge in [0, 0.05) is 6.54 Å². The predicted molar refractivity (Wildman–Crippen MR) is 63.6 cm³/mol. The Morgan fingerprint density at radius 3 is 3.00 bits per heavy atom. The number of hydrogen-bond acceptors (Lipinski definition) is 3. The molecule has 1 atom stereocenters. The molecule has 1 aliphatic heterocycles. The number of rotatable bonds is 3. The van der Waals surface area contributed by atoms with E-state index in [1.54, 1.807) is 6.07 Å². The zero-order valence-corrected chi connectivity index (χ0v) is 9.99. The second-order valence-electron chi connectivity index (χ2n) is 4.32. The Bertz CT molecular complexity index is 436. The lowest BCUT2D eigenvalue weighted by molar-refractivity contribution is -0.127. The van der Waals surface area contributed by atoms with Crippen LogP contribution in [0.4, 0.5) is 4.39 Å². The molecule has 1 unspecified atom stereocenters. The molecule has 0 aromatic heterocycles. The molecule has 1 aliphatic rings. The van der Waals surface area contributed by atoms with Crippen molar-refractivity contribution < 1.29 is 19.0 Å². The summed E-state index contributed by atoms with van der Waals surface area (Å²) in [6, 6.07) is 4.23. The first-order valence-electron chi connectivity index (χ1n) is 6.04. The van der Waals surface area contributed by atoms with E-state index in [4.69, 9.17) is 9.84 Å². The molecule has 1 aromatic rings. The fraction of sp³-hybridized carbons (Fsp3) is 0.462. The van der Waals surface area contributed by atoms with Crippen molar-refractivity contribution in [3.05, 3.63) is 29.6 Å².